The Morgan fingerprint density at radius 3 is 2.44 bits per heavy atom. The van der Waals surface area contributed by atoms with Crippen molar-refractivity contribution in [3.63, 3.8) is 0 Å². The van der Waals surface area contributed by atoms with Gasteiger partial charge in [-0.2, -0.15) is 0 Å². The largest absolute Gasteiger partial charge is 0.323 e. The van der Waals surface area contributed by atoms with Crippen molar-refractivity contribution < 1.29 is 0 Å². The molecular weight excluding hydrogens is 214 g/mol. The van der Waals surface area contributed by atoms with E-state index in [0.717, 1.165) is 6.42 Å². The van der Waals surface area contributed by atoms with Gasteiger partial charge in [0.1, 0.15) is 0 Å². The summed E-state index contributed by atoms with van der Waals surface area (Å²) in [6.45, 7) is 11.4. The van der Waals surface area contributed by atoms with E-state index in [-0.39, 0.29) is 6.04 Å². The molecule has 0 fully saturated rings. The number of rotatable bonds is 4. The Bertz CT molecular complexity index is 322. The van der Waals surface area contributed by atoms with Gasteiger partial charge < -0.3 is 5.73 Å². The molecule has 0 spiro atoms. The molecule has 1 rings (SSSR count). The fourth-order valence-corrected chi connectivity index (χ4v) is 3.38. The van der Waals surface area contributed by atoms with E-state index >= 15 is 0 Å². The second-order valence-corrected chi connectivity index (χ2v) is 7.13. The van der Waals surface area contributed by atoms with Crippen molar-refractivity contribution in [1.82, 2.24) is 0 Å². The van der Waals surface area contributed by atoms with Crippen LogP contribution in [-0.4, -0.2) is 0 Å². The van der Waals surface area contributed by atoms with E-state index in [0.29, 0.717) is 11.3 Å². The average molecular weight is 239 g/mol. The van der Waals surface area contributed by atoms with Crippen molar-refractivity contribution in [3.8, 4) is 0 Å². The Morgan fingerprint density at radius 1 is 1.38 bits per heavy atom. The number of hydrogen-bond acceptors (Lipinski definition) is 2. The first-order chi connectivity index (χ1) is 7.29. The normalized spacial score (nSPS) is 16.1. The maximum absolute atomic E-state index is 6.27. The maximum atomic E-state index is 6.27. The van der Waals surface area contributed by atoms with Crippen LogP contribution in [0.2, 0.25) is 0 Å². The lowest BCUT2D eigenvalue weighted by molar-refractivity contribution is 0.287. The molecule has 1 nitrogen and oxygen atoms in total. The minimum atomic E-state index is 0.220. The molecule has 0 saturated heterocycles. The summed E-state index contributed by atoms with van der Waals surface area (Å²) in [5.74, 6) is 0.691. The van der Waals surface area contributed by atoms with E-state index in [9.17, 15) is 0 Å². The highest BCUT2D eigenvalue weighted by atomic mass is 32.1. The van der Waals surface area contributed by atoms with Crippen LogP contribution in [0.3, 0.4) is 0 Å². The van der Waals surface area contributed by atoms with E-state index in [4.69, 9.17) is 5.73 Å². The zero-order valence-electron chi connectivity index (χ0n) is 11.2. The Hall–Kier alpha value is -0.340. The standard InChI is InChI=1S/C14H25NS/c1-10(9-14(3,4)5)8-12(15)13-11(2)6-7-16-13/h6-7,10,12H,8-9,15H2,1-5H3. The van der Waals surface area contributed by atoms with Gasteiger partial charge in [-0.25, -0.2) is 0 Å². The van der Waals surface area contributed by atoms with Crippen LogP contribution in [0, 0.1) is 18.3 Å². The van der Waals surface area contributed by atoms with Gasteiger partial charge in [0.15, 0.2) is 0 Å². The molecule has 1 aromatic rings. The fourth-order valence-electron chi connectivity index (χ4n) is 2.43. The second-order valence-electron chi connectivity index (χ2n) is 6.18. The first-order valence-corrected chi connectivity index (χ1v) is 6.97. The predicted octanol–water partition coefficient (Wildman–Crippen LogP) is 4.52. The van der Waals surface area contributed by atoms with Gasteiger partial charge in [0.05, 0.1) is 0 Å². The molecule has 0 aliphatic heterocycles. The van der Waals surface area contributed by atoms with E-state index in [1.807, 2.05) is 0 Å². The van der Waals surface area contributed by atoms with E-state index in [2.05, 4.69) is 46.1 Å². The summed E-state index contributed by atoms with van der Waals surface area (Å²) < 4.78 is 0. The summed E-state index contributed by atoms with van der Waals surface area (Å²) in [6, 6.07) is 2.38. The molecule has 0 saturated carbocycles. The highest BCUT2D eigenvalue weighted by Crippen LogP contribution is 2.32. The molecular formula is C14H25NS. The van der Waals surface area contributed by atoms with Crippen LogP contribution in [0.15, 0.2) is 11.4 Å². The number of nitrogens with two attached hydrogens (primary N) is 1. The van der Waals surface area contributed by atoms with Gasteiger partial charge in [-0.1, -0.05) is 27.7 Å². The van der Waals surface area contributed by atoms with Gasteiger partial charge >= 0.3 is 0 Å². The first kappa shape index (κ1) is 13.7. The van der Waals surface area contributed by atoms with Crippen molar-refractivity contribution >= 4 is 11.3 Å². The van der Waals surface area contributed by atoms with E-state index in [1.54, 1.807) is 11.3 Å². The van der Waals surface area contributed by atoms with Gasteiger partial charge in [-0.3, -0.25) is 0 Å². The zero-order valence-corrected chi connectivity index (χ0v) is 12.0. The lowest BCUT2D eigenvalue weighted by atomic mass is 9.83. The van der Waals surface area contributed by atoms with Crippen LogP contribution >= 0.6 is 11.3 Å². The molecule has 2 heteroatoms. The third kappa shape index (κ3) is 4.26. The van der Waals surface area contributed by atoms with Crippen molar-refractivity contribution in [2.24, 2.45) is 17.1 Å². The average Bonchev–Trinajstić information content (AvgIpc) is 2.47. The lowest BCUT2D eigenvalue weighted by Crippen LogP contribution is -2.17. The molecule has 0 aliphatic carbocycles. The fraction of sp³-hybridized carbons (Fsp3) is 0.714. The minimum absolute atomic E-state index is 0.220. The SMILES string of the molecule is Cc1ccsc1C(N)CC(C)CC(C)(C)C. The molecule has 2 unspecified atom stereocenters. The van der Waals surface area contributed by atoms with Gasteiger partial charge in [-0.15, -0.1) is 11.3 Å². The summed E-state index contributed by atoms with van der Waals surface area (Å²) in [5.41, 5.74) is 8.02. The summed E-state index contributed by atoms with van der Waals surface area (Å²) >= 11 is 1.79. The quantitative estimate of drug-likeness (QED) is 0.821. The Balaban J connectivity index is 2.52. The molecule has 0 bridgehead atoms. The van der Waals surface area contributed by atoms with Crippen molar-refractivity contribution in [3.05, 3.63) is 21.9 Å². The van der Waals surface area contributed by atoms with Crippen LogP contribution < -0.4 is 5.73 Å². The number of aryl methyl sites for hydroxylation is 1. The molecule has 2 N–H and O–H groups in total. The van der Waals surface area contributed by atoms with Gasteiger partial charge in [0.25, 0.3) is 0 Å². The highest BCUT2D eigenvalue weighted by molar-refractivity contribution is 7.10. The molecule has 0 aliphatic rings. The molecule has 92 valence electrons. The molecule has 1 aromatic heterocycles. The zero-order chi connectivity index (χ0) is 12.3. The number of hydrogen-bond donors (Lipinski definition) is 1. The van der Waals surface area contributed by atoms with E-state index in [1.165, 1.54) is 16.9 Å². The first-order valence-electron chi connectivity index (χ1n) is 6.09. The summed E-state index contributed by atoms with van der Waals surface area (Å²) in [6.07, 6.45) is 2.34. The Labute approximate surface area is 104 Å². The van der Waals surface area contributed by atoms with Crippen LogP contribution in [0.1, 0.15) is 57.0 Å². The summed E-state index contributed by atoms with van der Waals surface area (Å²) in [4.78, 5) is 1.36. The van der Waals surface area contributed by atoms with Crippen LogP contribution in [0.4, 0.5) is 0 Å². The van der Waals surface area contributed by atoms with Gasteiger partial charge in [-0.05, 0) is 48.1 Å². The predicted molar refractivity (Wildman–Crippen MR) is 73.8 cm³/mol. The summed E-state index contributed by atoms with van der Waals surface area (Å²) in [5, 5.41) is 2.14. The smallest absolute Gasteiger partial charge is 0.0394 e. The highest BCUT2D eigenvalue weighted by Gasteiger charge is 2.19. The maximum Gasteiger partial charge on any atom is 0.0394 e. The van der Waals surface area contributed by atoms with Crippen molar-refractivity contribution in [2.75, 3.05) is 0 Å². The lowest BCUT2D eigenvalue weighted by Gasteiger charge is -2.25. The number of thiophene rings is 1. The molecule has 2 atom stereocenters. The molecule has 0 aromatic carbocycles. The minimum Gasteiger partial charge on any atom is -0.323 e. The monoisotopic (exact) mass is 239 g/mol. The van der Waals surface area contributed by atoms with Crippen LogP contribution in [0.25, 0.3) is 0 Å². The third-order valence-electron chi connectivity index (χ3n) is 2.86. The Kier molecular flexibility index (Phi) is 4.57. The van der Waals surface area contributed by atoms with Crippen molar-refractivity contribution in [2.45, 2.75) is 53.5 Å². The Morgan fingerprint density at radius 2 is 2.00 bits per heavy atom. The molecule has 0 amide bonds. The van der Waals surface area contributed by atoms with Crippen molar-refractivity contribution in [1.29, 1.82) is 0 Å². The molecule has 1 heterocycles. The second kappa shape index (κ2) is 5.33. The van der Waals surface area contributed by atoms with Gasteiger partial charge in [0.2, 0.25) is 0 Å². The van der Waals surface area contributed by atoms with Gasteiger partial charge in [0, 0.05) is 10.9 Å². The van der Waals surface area contributed by atoms with Crippen LogP contribution in [0.5, 0.6) is 0 Å². The molecule has 16 heavy (non-hydrogen) atoms. The van der Waals surface area contributed by atoms with E-state index < -0.39 is 0 Å². The molecule has 0 radical (unpaired) electrons. The third-order valence-corrected chi connectivity index (χ3v) is 4.01. The summed E-state index contributed by atoms with van der Waals surface area (Å²) in [7, 11) is 0. The van der Waals surface area contributed by atoms with Crippen LogP contribution in [-0.2, 0) is 0 Å². The topological polar surface area (TPSA) is 26.0 Å².